The molecule has 0 radical (unpaired) electrons. The van der Waals surface area contributed by atoms with Crippen molar-refractivity contribution in [1.82, 2.24) is 15.1 Å². The standard InChI is InChI=1S/C25H20F6N4O3/c1-13-11-34(12-15-4-3-5-18(10-15)24(26,27)28)22-19(20(25(29,30)31)33-35(13)22)21(36)32-14(2)16-6-8-17(9-7-16)23(37)38/h3-10,14H,1,11-12H2,2H3,(H,32,36)(H,37,38)/t14-/m0/s1. The lowest BCUT2D eigenvalue weighted by atomic mass is 10.1. The number of amides is 1. The maximum atomic E-state index is 13.9. The summed E-state index contributed by atoms with van der Waals surface area (Å²) in [7, 11) is 0. The number of anilines is 1. The number of rotatable bonds is 6. The van der Waals surface area contributed by atoms with Crippen LogP contribution in [0.4, 0.5) is 32.2 Å². The Kier molecular flexibility index (Phi) is 6.72. The van der Waals surface area contributed by atoms with Gasteiger partial charge in [-0.15, -0.1) is 0 Å². The molecule has 4 rings (SSSR count). The SMILES string of the molecule is C=C1CN(Cc2cccc(C(F)(F)F)c2)c2c(C(=O)N[C@@H](C)c3ccc(C(=O)O)cc3)c(C(F)(F)F)nn21. The number of nitrogens with one attached hydrogen (secondary N) is 1. The number of carboxylic acid groups (broad SMARTS) is 1. The maximum Gasteiger partial charge on any atom is 0.436 e. The number of benzene rings is 2. The minimum absolute atomic E-state index is 0.00941. The van der Waals surface area contributed by atoms with E-state index in [2.05, 4.69) is 17.0 Å². The van der Waals surface area contributed by atoms with Gasteiger partial charge >= 0.3 is 18.3 Å². The Bertz CT molecular complexity index is 1410. The summed E-state index contributed by atoms with van der Waals surface area (Å²) in [6, 6.07) is 8.95. The fourth-order valence-electron chi connectivity index (χ4n) is 4.16. The van der Waals surface area contributed by atoms with E-state index in [0.29, 0.717) is 5.56 Å². The quantitative estimate of drug-likeness (QED) is 0.399. The zero-order chi connectivity index (χ0) is 28.0. The minimum Gasteiger partial charge on any atom is -0.478 e. The number of hydrogen-bond acceptors (Lipinski definition) is 4. The van der Waals surface area contributed by atoms with Gasteiger partial charge in [0, 0.05) is 6.54 Å². The molecule has 0 aliphatic carbocycles. The molecular formula is C25H20F6N4O3. The molecule has 7 nitrogen and oxygen atoms in total. The average molecular weight is 538 g/mol. The van der Waals surface area contributed by atoms with Gasteiger partial charge in [0.05, 0.1) is 29.4 Å². The van der Waals surface area contributed by atoms with E-state index in [4.69, 9.17) is 5.11 Å². The first-order chi connectivity index (χ1) is 17.7. The molecule has 0 saturated heterocycles. The molecular weight excluding hydrogens is 518 g/mol. The number of aromatic nitrogens is 2. The predicted octanol–water partition coefficient (Wildman–Crippen LogP) is 5.60. The minimum atomic E-state index is -5.02. The molecule has 13 heteroatoms. The normalized spacial score (nSPS) is 14.4. The van der Waals surface area contributed by atoms with Crippen molar-refractivity contribution in [1.29, 1.82) is 0 Å². The van der Waals surface area contributed by atoms with Crippen molar-refractivity contribution >= 4 is 23.4 Å². The van der Waals surface area contributed by atoms with E-state index in [-0.39, 0.29) is 35.7 Å². The average Bonchev–Trinajstić information content (AvgIpc) is 3.37. The summed E-state index contributed by atoms with van der Waals surface area (Å²) >= 11 is 0. The third-order valence-electron chi connectivity index (χ3n) is 5.96. The van der Waals surface area contributed by atoms with E-state index in [0.717, 1.165) is 16.8 Å². The van der Waals surface area contributed by atoms with Gasteiger partial charge in [-0.3, -0.25) is 4.79 Å². The Labute approximate surface area is 212 Å². The molecule has 1 aliphatic rings. The number of carbonyl (C=O) groups excluding carboxylic acids is 1. The van der Waals surface area contributed by atoms with Crippen molar-refractivity contribution in [3.05, 3.63) is 88.6 Å². The Morgan fingerprint density at radius 2 is 1.74 bits per heavy atom. The molecule has 0 spiro atoms. The van der Waals surface area contributed by atoms with Gasteiger partial charge < -0.3 is 15.3 Å². The van der Waals surface area contributed by atoms with Crippen LogP contribution in [-0.2, 0) is 18.9 Å². The lowest BCUT2D eigenvalue weighted by Crippen LogP contribution is -2.31. The fraction of sp³-hybridized carbons (Fsp3) is 0.240. The molecule has 0 bridgehead atoms. The highest BCUT2D eigenvalue weighted by atomic mass is 19.4. The second-order valence-corrected chi connectivity index (χ2v) is 8.70. The van der Waals surface area contributed by atoms with E-state index in [1.807, 2.05) is 0 Å². The summed E-state index contributed by atoms with van der Waals surface area (Å²) in [6.07, 6.45) is -9.63. The van der Waals surface area contributed by atoms with Crippen LogP contribution in [0.5, 0.6) is 0 Å². The smallest absolute Gasteiger partial charge is 0.436 e. The summed E-state index contributed by atoms with van der Waals surface area (Å²) in [4.78, 5) is 25.6. The van der Waals surface area contributed by atoms with Gasteiger partial charge in [0.15, 0.2) is 5.69 Å². The van der Waals surface area contributed by atoms with Crippen molar-refractivity contribution in [2.45, 2.75) is 31.9 Å². The highest BCUT2D eigenvalue weighted by Gasteiger charge is 2.45. The van der Waals surface area contributed by atoms with Gasteiger partial charge in [0.25, 0.3) is 5.91 Å². The van der Waals surface area contributed by atoms with Crippen LogP contribution in [0.1, 0.15) is 56.1 Å². The number of alkyl halides is 6. The first-order valence-corrected chi connectivity index (χ1v) is 11.1. The van der Waals surface area contributed by atoms with Crippen LogP contribution in [0.3, 0.4) is 0 Å². The third-order valence-corrected chi connectivity index (χ3v) is 5.96. The Hall–Kier alpha value is -4.29. The summed E-state index contributed by atoms with van der Waals surface area (Å²) in [6.45, 7) is 4.90. The van der Waals surface area contributed by atoms with E-state index in [1.54, 1.807) is 0 Å². The van der Waals surface area contributed by atoms with Gasteiger partial charge in [-0.05, 0) is 42.3 Å². The topological polar surface area (TPSA) is 87.5 Å². The van der Waals surface area contributed by atoms with Crippen LogP contribution >= 0.6 is 0 Å². The largest absolute Gasteiger partial charge is 0.478 e. The monoisotopic (exact) mass is 538 g/mol. The van der Waals surface area contributed by atoms with Crippen molar-refractivity contribution < 1.29 is 41.0 Å². The third kappa shape index (κ3) is 5.22. The number of carboxylic acids is 1. The first kappa shape index (κ1) is 26.8. The van der Waals surface area contributed by atoms with E-state index in [1.165, 1.54) is 48.2 Å². The molecule has 2 N–H and O–H groups in total. The molecule has 0 fully saturated rings. The lowest BCUT2D eigenvalue weighted by Gasteiger charge is -2.21. The summed E-state index contributed by atoms with van der Waals surface area (Å²) in [5, 5.41) is 15.1. The number of carbonyl (C=O) groups is 2. The van der Waals surface area contributed by atoms with Crippen LogP contribution < -0.4 is 10.2 Å². The molecule has 1 amide bonds. The number of halogens is 6. The predicted molar refractivity (Wildman–Crippen MR) is 124 cm³/mol. The van der Waals surface area contributed by atoms with Crippen LogP contribution in [-0.4, -0.2) is 33.3 Å². The van der Waals surface area contributed by atoms with Crippen LogP contribution in [0, 0.1) is 0 Å². The molecule has 200 valence electrons. The van der Waals surface area contributed by atoms with Crippen molar-refractivity contribution in [3.63, 3.8) is 0 Å². The highest BCUT2D eigenvalue weighted by Crippen LogP contribution is 2.41. The Morgan fingerprint density at radius 3 is 2.32 bits per heavy atom. The molecule has 0 unspecified atom stereocenters. The Morgan fingerprint density at radius 1 is 1.08 bits per heavy atom. The van der Waals surface area contributed by atoms with Gasteiger partial charge in [-0.1, -0.05) is 30.8 Å². The number of hydrogen-bond donors (Lipinski definition) is 2. The molecule has 3 aromatic rings. The van der Waals surface area contributed by atoms with Gasteiger partial charge in [-0.25, -0.2) is 9.48 Å². The summed E-state index contributed by atoms with van der Waals surface area (Å²) in [5.41, 5.74) is -2.48. The van der Waals surface area contributed by atoms with Gasteiger partial charge in [0.1, 0.15) is 11.4 Å². The Balaban J connectivity index is 1.69. The van der Waals surface area contributed by atoms with E-state index < -0.39 is 47.1 Å². The first-order valence-electron chi connectivity index (χ1n) is 11.1. The number of nitrogens with zero attached hydrogens (tertiary/aromatic N) is 3. The zero-order valence-electron chi connectivity index (χ0n) is 19.7. The molecule has 2 heterocycles. The molecule has 0 saturated carbocycles. The van der Waals surface area contributed by atoms with Crippen LogP contribution in [0.15, 0.2) is 55.1 Å². The van der Waals surface area contributed by atoms with Crippen LogP contribution in [0.25, 0.3) is 5.70 Å². The molecule has 1 aromatic heterocycles. The highest BCUT2D eigenvalue weighted by molar-refractivity contribution is 6.02. The molecule has 2 aromatic carbocycles. The number of fused-ring (bicyclic) bond motifs is 1. The van der Waals surface area contributed by atoms with Crippen molar-refractivity contribution in [2.24, 2.45) is 0 Å². The molecule has 1 atom stereocenters. The summed E-state index contributed by atoms with van der Waals surface area (Å²) < 4.78 is 82.1. The van der Waals surface area contributed by atoms with E-state index in [9.17, 15) is 35.9 Å². The fourth-order valence-corrected chi connectivity index (χ4v) is 4.16. The van der Waals surface area contributed by atoms with Gasteiger partial charge in [-0.2, -0.15) is 31.4 Å². The molecule has 1 aliphatic heterocycles. The maximum absolute atomic E-state index is 13.9. The van der Waals surface area contributed by atoms with Crippen molar-refractivity contribution in [2.75, 3.05) is 11.4 Å². The van der Waals surface area contributed by atoms with Crippen LogP contribution in [0.2, 0.25) is 0 Å². The summed E-state index contributed by atoms with van der Waals surface area (Å²) in [5.74, 6) is -2.53. The van der Waals surface area contributed by atoms with Crippen molar-refractivity contribution in [3.8, 4) is 0 Å². The van der Waals surface area contributed by atoms with E-state index >= 15 is 0 Å². The second-order valence-electron chi connectivity index (χ2n) is 8.70. The lowest BCUT2D eigenvalue weighted by molar-refractivity contribution is -0.141. The second kappa shape index (κ2) is 9.54. The van der Waals surface area contributed by atoms with Gasteiger partial charge in [0.2, 0.25) is 0 Å². The molecule has 38 heavy (non-hydrogen) atoms. The zero-order valence-corrected chi connectivity index (χ0v) is 19.7. The number of aromatic carboxylic acids is 1.